The Morgan fingerprint density at radius 2 is 2.19 bits per heavy atom. The van der Waals surface area contributed by atoms with Crippen LogP contribution in [-0.4, -0.2) is 25.1 Å². The molecule has 0 aromatic heterocycles. The minimum atomic E-state index is -0.573. The molecule has 0 bridgehead atoms. The van der Waals surface area contributed by atoms with Gasteiger partial charge in [-0.3, -0.25) is 10.1 Å². The van der Waals surface area contributed by atoms with Gasteiger partial charge in [0.05, 0.1) is 17.6 Å². The monoisotopic (exact) mass is 226 g/mol. The van der Waals surface area contributed by atoms with Crippen LogP contribution < -0.4 is 5.73 Å². The minimum absolute atomic E-state index is 0.0876. The van der Waals surface area contributed by atoms with Crippen molar-refractivity contribution in [2.45, 2.75) is 6.42 Å². The van der Waals surface area contributed by atoms with Gasteiger partial charge in [-0.05, 0) is 19.5 Å². The summed E-state index contributed by atoms with van der Waals surface area (Å²) < 4.78 is 4.47. The van der Waals surface area contributed by atoms with Crippen LogP contribution in [-0.2, 0) is 9.53 Å². The summed E-state index contributed by atoms with van der Waals surface area (Å²) in [5.74, 6) is -0.573. The van der Waals surface area contributed by atoms with Crippen molar-refractivity contribution in [3.63, 3.8) is 0 Å². The number of nitrogens with two attached hydrogens (primary N) is 1. The van der Waals surface area contributed by atoms with Crippen LogP contribution in [0.3, 0.4) is 0 Å². The second-order valence-corrected chi connectivity index (χ2v) is 2.62. The quantitative estimate of drug-likeness (QED) is 0.426. The summed E-state index contributed by atoms with van der Waals surface area (Å²) in [5, 5.41) is 10.5. The van der Waals surface area contributed by atoms with E-state index < -0.39 is 10.9 Å². The highest BCUT2D eigenvalue weighted by Crippen LogP contribution is 2.12. The van der Waals surface area contributed by atoms with E-state index in [1.54, 1.807) is 6.08 Å². The standard InChI is InChI=1S/C9H9NO4.CH5N/c1-14-9(11)7-4-2-3-5-8(6-7)10(12)13;1-2/h2,4-6H,3H2,1H3;2H2,1H3. The smallest absolute Gasteiger partial charge is 0.338 e. The molecule has 2 N–H and O–H groups in total. The average Bonchev–Trinajstić information content (AvgIpc) is 2.56. The van der Waals surface area contributed by atoms with Crippen molar-refractivity contribution in [3.05, 3.63) is 45.7 Å². The highest BCUT2D eigenvalue weighted by Gasteiger charge is 2.14. The van der Waals surface area contributed by atoms with Crippen LogP contribution in [0.2, 0.25) is 0 Å². The van der Waals surface area contributed by atoms with Crippen LogP contribution in [0, 0.1) is 10.1 Å². The third-order valence-electron chi connectivity index (χ3n) is 1.70. The molecule has 0 saturated heterocycles. The van der Waals surface area contributed by atoms with E-state index in [1.807, 2.05) is 0 Å². The molecular formula is C10H14N2O4. The highest BCUT2D eigenvalue weighted by molar-refractivity contribution is 5.92. The number of rotatable bonds is 2. The summed E-state index contributed by atoms with van der Waals surface area (Å²) in [6.45, 7) is 0. The first-order valence-electron chi connectivity index (χ1n) is 4.54. The summed E-state index contributed by atoms with van der Waals surface area (Å²) in [7, 11) is 2.73. The van der Waals surface area contributed by atoms with E-state index in [2.05, 4.69) is 10.5 Å². The molecule has 6 nitrogen and oxygen atoms in total. The number of carbonyl (C=O) groups excluding carboxylic acids is 1. The number of ether oxygens (including phenoxy) is 1. The third kappa shape index (κ3) is 4.05. The maximum Gasteiger partial charge on any atom is 0.338 e. The van der Waals surface area contributed by atoms with Crippen molar-refractivity contribution < 1.29 is 14.5 Å². The number of nitrogens with zero attached hydrogens (tertiary/aromatic N) is 1. The predicted octanol–water partition coefficient (Wildman–Crippen LogP) is 0.781. The summed E-state index contributed by atoms with van der Waals surface area (Å²) >= 11 is 0. The zero-order valence-corrected chi connectivity index (χ0v) is 9.17. The SMILES string of the molecule is CN.COC(=O)C1=CC([N+](=O)[O-])=CCC=C1. The number of methoxy groups -OCH3 is 1. The van der Waals surface area contributed by atoms with Gasteiger partial charge in [0.1, 0.15) is 0 Å². The number of allylic oxidation sites excluding steroid dienone is 3. The molecule has 0 aromatic carbocycles. The predicted molar refractivity (Wildman–Crippen MR) is 59.0 cm³/mol. The Bertz CT molecular complexity index is 356. The Hall–Kier alpha value is -1.95. The topological polar surface area (TPSA) is 95.5 Å². The fraction of sp³-hybridized carbons (Fsp3) is 0.300. The molecule has 0 radical (unpaired) electrons. The van der Waals surface area contributed by atoms with Gasteiger partial charge < -0.3 is 10.5 Å². The second-order valence-electron chi connectivity index (χ2n) is 2.62. The molecular weight excluding hydrogens is 212 g/mol. The molecule has 6 heteroatoms. The third-order valence-corrected chi connectivity index (χ3v) is 1.70. The second kappa shape index (κ2) is 7.36. The molecule has 88 valence electrons. The molecule has 1 aliphatic rings. The van der Waals surface area contributed by atoms with Gasteiger partial charge in [-0.2, -0.15) is 0 Å². The van der Waals surface area contributed by atoms with Crippen molar-refractivity contribution in [2.24, 2.45) is 5.73 Å². The molecule has 0 amide bonds. The van der Waals surface area contributed by atoms with E-state index in [4.69, 9.17) is 0 Å². The van der Waals surface area contributed by atoms with Crippen LogP contribution >= 0.6 is 0 Å². The molecule has 0 spiro atoms. The largest absolute Gasteiger partial charge is 0.465 e. The lowest BCUT2D eigenvalue weighted by molar-refractivity contribution is -0.419. The van der Waals surface area contributed by atoms with Crippen LogP contribution in [0.4, 0.5) is 0 Å². The minimum Gasteiger partial charge on any atom is -0.465 e. The highest BCUT2D eigenvalue weighted by atomic mass is 16.6. The van der Waals surface area contributed by atoms with Crippen molar-refractivity contribution in [3.8, 4) is 0 Å². The lowest BCUT2D eigenvalue weighted by Gasteiger charge is -1.97. The van der Waals surface area contributed by atoms with Crippen LogP contribution in [0.1, 0.15) is 6.42 Å². The van der Waals surface area contributed by atoms with Gasteiger partial charge in [0, 0.05) is 6.08 Å². The zero-order chi connectivity index (χ0) is 12.6. The van der Waals surface area contributed by atoms with Gasteiger partial charge >= 0.3 is 5.97 Å². The van der Waals surface area contributed by atoms with E-state index in [-0.39, 0.29) is 11.3 Å². The summed E-state index contributed by atoms with van der Waals surface area (Å²) in [5.41, 5.74) is 4.60. The Morgan fingerprint density at radius 1 is 1.56 bits per heavy atom. The van der Waals surface area contributed by atoms with Gasteiger partial charge in [-0.15, -0.1) is 0 Å². The van der Waals surface area contributed by atoms with Crippen molar-refractivity contribution in [1.29, 1.82) is 0 Å². The van der Waals surface area contributed by atoms with Crippen molar-refractivity contribution in [1.82, 2.24) is 0 Å². The maximum absolute atomic E-state index is 11.1. The Kier molecular flexibility index (Phi) is 6.46. The van der Waals surface area contributed by atoms with Crippen molar-refractivity contribution >= 4 is 5.97 Å². The van der Waals surface area contributed by atoms with Gasteiger partial charge in [0.25, 0.3) is 5.70 Å². The lowest BCUT2D eigenvalue weighted by Crippen LogP contribution is -2.04. The Morgan fingerprint density at radius 3 is 2.69 bits per heavy atom. The molecule has 0 atom stereocenters. The van der Waals surface area contributed by atoms with E-state index in [0.29, 0.717) is 6.42 Å². The van der Waals surface area contributed by atoms with Gasteiger partial charge in [0.2, 0.25) is 0 Å². The summed E-state index contributed by atoms with van der Waals surface area (Å²) in [4.78, 5) is 21.0. The molecule has 1 aliphatic carbocycles. The van der Waals surface area contributed by atoms with Gasteiger partial charge in [-0.1, -0.05) is 12.2 Å². The molecule has 16 heavy (non-hydrogen) atoms. The summed E-state index contributed by atoms with van der Waals surface area (Å²) in [6.07, 6.45) is 6.26. The Labute approximate surface area is 93.2 Å². The molecule has 0 fully saturated rings. The fourth-order valence-electron chi connectivity index (χ4n) is 1.02. The number of carbonyl (C=O) groups is 1. The molecule has 0 unspecified atom stereocenters. The van der Waals surface area contributed by atoms with E-state index in [9.17, 15) is 14.9 Å². The van der Waals surface area contributed by atoms with Crippen LogP contribution in [0.25, 0.3) is 0 Å². The molecule has 0 aliphatic heterocycles. The van der Waals surface area contributed by atoms with Gasteiger partial charge in [0.15, 0.2) is 0 Å². The van der Waals surface area contributed by atoms with E-state index in [0.717, 1.165) is 0 Å². The van der Waals surface area contributed by atoms with Crippen LogP contribution in [0.15, 0.2) is 35.6 Å². The van der Waals surface area contributed by atoms with E-state index >= 15 is 0 Å². The van der Waals surface area contributed by atoms with Crippen molar-refractivity contribution in [2.75, 3.05) is 14.2 Å². The van der Waals surface area contributed by atoms with Gasteiger partial charge in [-0.25, -0.2) is 4.79 Å². The normalized spacial score (nSPS) is 13.7. The number of hydrogen-bond donors (Lipinski definition) is 1. The molecule has 1 rings (SSSR count). The molecule has 0 aromatic rings. The lowest BCUT2D eigenvalue weighted by atomic mass is 10.2. The first-order valence-corrected chi connectivity index (χ1v) is 4.54. The first-order chi connectivity index (χ1) is 7.65. The Balaban J connectivity index is 0.00000106. The zero-order valence-electron chi connectivity index (χ0n) is 9.17. The summed E-state index contributed by atoms with van der Waals surface area (Å²) in [6, 6.07) is 0. The van der Waals surface area contributed by atoms with E-state index in [1.165, 1.54) is 32.4 Å². The molecule has 0 saturated carbocycles. The average molecular weight is 226 g/mol. The molecule has 0 heterocycles. The first kappa shape index (κ1) is 14.1. The number of esters is 1. The fourth-order valence-corrected chi connectivity index (χ4v) is 1.02. The maximum atomic E-state index is 11.1. The number of nitro groups is 1. The van der Waals surface area contributed by atoms with Crippen LogP contribution in [0.5, 0.6) is 0 Å². The number of hydrogen-bond acceptors (Lipinski definition) is 5.